The number of nitrogens with one attached hydrogen (secondary N) is 4. The molecule has 0 radical (unpaired) electrons. The highest BCUT2D eigenvalue weighted by Gasteiger charge is 2.30. The number of H-pyrrole nitrogens is 1. The Hall–Kier alpha value is -4.45. The SMILES string of the molecule is NC(N)=NCCCC(NC(=O)C(Cc1cnc[nH]1)NC(=O)C(CCCN=C(N)N)NC(=O)C(N)CO)C(=O)O. The van der Waals surface area contributed by atoms with Crippen molar-refractivity contribution in [3.05, 3.63) is 18.2 Å². The number of carbonyl (C=O) groups excluding carboxylic acids is 3. The van der Waals surface area contributed by atoms with E-state index in [4.69, 9.17) is 33.8 Å². The fourth-order valence-electron chi connectivity index (χ4n) is 3.27. The predicted octanol–water partition coefficient (Wildman–Crippen LogP) is -5.08. The van der Waals surface area contributed by atoms with E-state index < -0.39 is 54.5 Å². The molecule has 4 unspecified atom stereocenters. The third-order valence-corrected chi connectivity index (χ3v) is 5.28. The first-order chi connectivity index (χ1) is 18.4. The van der Waals surface area contributed by atoms with Gasteiger partial charge in [-0.3, -0.25) is 24.4 Å². The zero-order valence-electron chi connectivity index (χ0n) is 21.4. The molecule has 1 aromatic heterocycles. The van der Waals surface area contributed by atoms with Gasteiger partial charge in [0.15, 0.2) is 11.9 Å². The van der Waals surface area contributed by atoms with E-state index in [9.17, 15) is 24.3 Å². The van der Waals surface area contributed by atoms with E-state index in [1.54, 1.807) is 0 Å². The van der Waals surface area contributed by atoms with Crippen molar-refractivity contribution in [2.45, 2.75) is 56.3 Å². The normalized spacial score (nSPS) is 13.7. The quantitative estimate of drug-likeness (QED) is 0.0461. The summed E-state index contributed by atoms with van der Waals surface area (Å²) < 4.78 is 0. The van der Waals surface area contributed by atoms with Crippen molar-refractivity contribution in [2.75, 3.05) is 19.7 Å². The van der Waals surface area contributed by atoms with Gasteiger partial charge in [0.05, 0.1) is 12.9 Å². The number of rotatable bonds is 18. The zero-order chi connectivity index (χ0) is 29.4. The minimum atomic E-state index is -1.29. The Morgan fingerprint density at radius 2 is 1.38 bits per heavy atom. The molecule has 0 bridgehead atoms. The summed E-state index contributed by atoms with van der Waals surface area (Å²) in [5.74, 6) is -3.91. The van der Waals surface area contributed by atoms with Crippen molar-refractivity contribution < 1.29 is 29.4 Å². The summed E-state index contributed by atoms with van der Waals surface area (Å²) in [7, 11) is 0. The van der Waals surface area contributed by atoms with Crippen LogP contribution in [0.3, 0.4) is 0 Å². The second-order valence-electron chi connectivity index (χ2n) is 8.49. The molecule has 18 heteroatoms. The van der Waals surface area contributed by atoms with Gasteiger partial charge in [0.2, 0.25) is 17.7 Å². The Labute approximate surface area is 224 Å². The minimum Gasteiger partial charge on any atom is -0.480 e. The number of carboxylic acid groups (broad SMARTS) is 1. The number of guanidine groups is 2. The Morgan fingerprint density at radius 3 is 1.87 bits per heavy atom. The minimum absolute atomic E-state index is 0.0189. The molecule has 0 aromatic carbocycles. The fourth-order valence-corrected chi connectivity index (χ4v) is 3.27. The van der Waals surface area contributed by atoms with Crippen LogP contribution in [0.5, 0.6) is 0 Å². The lowest BCUT2D eigenvalue weighted by atomic mass is 10.1. The van der Waals surface area contributed by atoms with Gasteiger partial charge < -0.3 is 59.8 Å². The molecule has 218 valence electrons. The predicted molar refractivity (Wildman–Crippen MR) is 141 cm³/mol. The smallest absolute Gasteiger partial charge is 0.326 e. The third-order valence-electron chi connectivity index (χ3n) is 5.28. The molecule has 18 nitrogen and oxygen atoms in total. The summed E-state index contributed by atoms with van der Waals surface area (Å²) >= 11 is 0. The number of carboxylic acids is 1. The number of imidazole rings is 1. The number of aliphatic hydroxyl groups excluding tert-OH is 1. The molecule has 4 atom stereocenters. The summed E-state index contributed by atoms with van der Waals surface area (Å²) in [6.45, 7) is -0.335. The Kier molecular flexibility index (Phi) is 14.3. The lowest BCUT2D eigenvalue weighted by molar-refractivity contribution is -0.142. The standard InChI is InChI=1S/C21H38N12O6/c22-12(9-34)16(35)31-13(3-1-5-28-20(23)24)17(36)33-15(7-11-8-27-10-30-11)18(37)32-14(19(38)39)4-2-6-29-21(25)26/h8,10,12-15,34H,1-7,9,22H2,(H,27,30)(H,31,35)(H,32,37)(H,33,36)(H,38,39)(H4,23,24,28)(H4,25,26,29). The van der Waals surface area contributed by atoms with Crippen LogP contribution in [-0.4, -0.2) is 99.7 Å². The molecule has 0 saturated heterocycles. The van der Waals surface area contributed by atoms with Crippen LogP contribution >= 0.6 is 0 Å². The van der Waals surface area contributed by atoms with Gasteiger partial charge in [-0.1, -0.05) is 0 Å². The lowest BCUT2D eigenvalue weighted by Crippen LogP contribution is -2.58. The zero-order valence-corrected chi connectivity index (χ0v) is 21.4. The van der Waals surface area contributed by atoms with E-state index in [1.807, 2.05) is 0 Å². The second kappa shape index (κ2) is 17.1. The molecule has 0 fully saturated rings. The molecule has 16 N–H and O–H groups in total. The van der Waals surface area contributed by atoms with Gasteiger partial charge in [-0.25, -0.2) is 9.78 Å². The molecule has 1 aromatic rings. The molecule has 0 spiro atoms. The monoisotopic (exact) mass is 554 g/mol. The van der Waals surface area contributed by atoms with Crippen molar-refractivity contribution in [1.29, 1.82) is 0 Å². The maximum absolute atomic E-state index is 13.2. The summed E-state index contributed by atoms with van der Waals surface area (Å²) in [6.07, 6.45) is 3.37. The number of nitrogens with two attached hydrogens (primary N) is 5. The van der Waals surface area contributed by atoms with Crippen LogP contribution in [0, 0.1) is 0 Å². The molecule has 0 aliphatic carbocycles. The molecular weight excluding hydrogens is 516 g/mol. The first-order valence-corrected chi connectivity index (χ1v) is 12.0. The summed E-state index contributed by atoms with van der Waals surface area (Å²) in [5, 5.41) is 26.1. The van der Waals surface area contributed by atoms with Crippen LogP contribution in [0.4, 0.5) is 0 Å². The van der Waals surface area contributed by atoms with Crippen LogP contribution in [0.25, 0.3) is 0 Å². The number of aliphatic hydroxyl groups is 1. The van der Waals surface area contributed by atoms with Crippen LogP contribution in [0.2, 0.25) is 0 Å². The largest absolute Gasteiger partial charge is 0.480 e. The van der Waals surface area contributed by atoms with Crippen molar-refractivity contribution in [3.63, 3.8) is 0 Å². The van der Waals surface area contributed by atoms with Crippen LogP contribution in [0.15, 0.2) is 22.5 Å². The number of aromatic nitrogens is 2. The van der Waals surface area contributed by atoms with Crippen molar-refractivity contribution in [1.82, 2.24) is 25.9 Å². The Balaban J connectivity index is 3.05. The molecule has 0 aliphatic rings. The highest BCUT2D eigenvalue weighted by atomic mass is 16.4. The van der Waals surface area contributed by atoms with Gasteiger partial charge in [-0.05, 0) is 25.7 Å². The van der Waals surface area contributed by atoms with Crippen molar-refractivity contribution >= 4 is 35.6 Å². The maximum Gasteiger partial charge on any atom is 0.326 e. The van der Waals surface area contributed by atoms with Crippen LogP contribution < -0.4 is 44.6 Å². The van der Waals surface area contributed by atoms with E-state index in [0.29, 0.717) is 5.69 Å². The topological polar surface area (TPSA) is 328 Å². The van der Waals surface area contributed by atoms with Gasteiger partial charge in [0.1, 0.15) is 24.2 Å². The number of nitrogens with zero attached hydrogens (tertiary/aromatic N) is 3. The van der Waals surface area contributed by atoms with Gasteiger partial charge in [0, 0.05) is 31.4 Å². The van der Waals surface area contributed by atoms with Crippen molar-refractivity contribution in [3.8, 4) is 0 Å². The van der Waals surface area contributed by atoms with Crippen LogP contribution in [-0.2, 0) is 25.6 Å². The number of amides is 3. The highest BCUT2D eigenvalue weighted by Crippen LogP contribution is 2.06. The number of aliphatic carboxylic acids is 1. The van der Waals surface area contributed by atoms with Crippen LogP contribution in [0.1, 0.15) is 31.4 Å². The molecular formula is C21H38N12O6. The van der Waals surface area contributed by atoms with Gasteiger partial charge in [0.25, 0.3) is 0 Å². The van der Waals surface area contributed by atoms with Gasteiger partial charge >= 0.3 is 5.97 Å². The summed E-state index contributed by atoms with van der Waals surface area (Å²) in [6, 6.07) is -4.99. The average Bonchev–Trinajstić information content (AvgIpc) is 3.39. The number of aliphatic imine (C=N–C) groups is 2. The van der Waals surface area contributed by atoms with Gasteiger partial charge in [-0.15, -0.1) is 0 Å². The molecule has 0 aliphatic heterocycles. The van der Waals surface area contributed by atoms with Crippen molar-refractivity contribution in [2.24, 2.45) is 38.7 Å². The lowest BCUT2D eigenvalue weighted by Gasteiger charge is -2.25. The third kappa shape index (κ3) is 13.1. The maximum atomic E-state index is 13.2. The number of hydrogen-bond acceptors (Lipinski definition) is 9. The number of hydrogen-bond donors (Lipinski definition) is 11. The highest BCUT2D eigenvalue weighted by molar-refractivity contribution is 5.94. The van der Waals surface area contributed by atoms with E-state index in [2.05, 4.69) is 35.9 Å². The van der Waals surface area contributed by atoms with Gasteiger partial charge in [-0.2, -0.15) is 0 Å². The number of aromatic amines is 1. The van der Waals surface area contributed by atoms with E-state index in [-0.39, 0.29) is 57.1 Å². The molecule has 3 amide bonds. The van der Waals surface area contributed by atoms with E-state index >= 15 is 0 Å². The second-order valence-corrected chi connectivity index (χ2v) is 8.49. The van der Waals surface area contributed by atoms with E-state index in [0.717, 1.165) is 0 Å². The first kappa shape index (κ1) is 32.6. The average molecular weight is 555 g/mol. The summed E-state index contributed by atoms with van der Waals surface area (Å²) in [4.78, 5) is 64.6. The first-order valence-electron chi connectivity index (χ1n) is 12.0. The summed E-state index contributed by atoms with van der Waals surface area (Å²) in [5.41, 5.74) is 27.2. The Morgan fingerprint density at radius 1 is 0.872 bits per heavy atom. The van der Waals surface area contributed by atoms with E-state index in [1.165, 1.54) is 12.5 Å². The Bertz CT molecular complexity index is 992. The number of carbonyl (C=O) groups is 4. The molecule has 1 heterocycles. The molecule has 1 rings (SSSR count). The molecule has 0 saturated carbocycles. The molecule has 39 heavy (non-hydrogen) atoms. The fraction of sp³-hybridized carbons (Fsp3) is 0.571.